The molecule has 5 heteroatoms. The number of hydrogen-bond donors (Lipinski definition) is 1. The van der Waals surface area contributed by atoms with Gasteiger partial charge in [-0.15, -0.1) is 0 Å². The molecule has 1 aromatic carbocycles. The number of aromatic carboxylic acids is 1. The first-order valence-corrected chi connectivity index (χ1v) is 5.60. The first-order chi connectivity index (χ1) is 8.74. The molecule has 3 rings (SSSR count). The second kappa shape index (κ2) is 4.10. The van der Waals surface area contributed by atoms with Crippen LogP contribution in [-0.2, 0) is 13.1 Å². The van der Waals surface area contributed by atoms with Crippen molar-refractivity contribution >= 4 is 11.8 Å². The number of carboxylic acid groups (broad SMARTS) is 1. The Morgan fingerprint density at radius 2 is 2.06 bits per heavy atom. The largest absolute Gasteiger partial charge is 0.478 e. The third-order valence-corrected chi connectivity index (χ3v) is 3.05. The highest BCUT2D eigenvalue weighted by molar-refractivity contribution is 5.88. The van der Waals surface area contributed by atoms with Crippen LogP contribution in [0.3, 0.4) is 0 Å². The van der Waals surface area contributed by atoms with Crippen LogP contribution in [0, 0.1) is 0 Å². The Hall–Kier alpha value is -2.43. The van der Waals surface area contributed by atoms with Crippen LogP contribution < -0.4 is 4.90 Å². The number of carbonyl (C=O) groups is 1. The normalized spacial score (nSPS) is 13.4. The van der Waals surface area contributed by atoms with Crippen LogP contribution in [0.4, 0.5) is 5.82 Å². The smallest absolute Gasteiger partial charge is 0.335 e. The van der Waals surface area contributed by atoms with Gasteiger partial charge in [-0.05, 0) is 23.3 Å². The lowest BCUT2D eigenvalue weighted by molar-refractivity contribution is 0.0697. The molecular formula is C13H11N3O2. The van der Waals surface area contributed by atoms with Crippen LogP contribution >= 0.6 is 0 Å². The molecule has 0 atom stereocenters. The monoisotopic (exact) mass is 241 g/mol. The van der Waals surface area contributed by atoms with Crippen LogP contribution in [0.2, 0.25) is 0 Å². The quantitative estimate of drug-likeness (QED) is 0.866. The van der Waals surface area contributed by atoms with Crippen LogP contribution in [0.15, 0.2) is 36.8 Å². The van der Waals surface area contributed by atoms with Gasteiger partial charge in [-0.1, -0.05) is 6.07 Å². The predicted molar refractivity (Wildman–Crippen MR) is 65.3 cm³/mol. The van der Waals surface area contributed by atoms with E-state index in [0.717, 1.165) is 23.5 Å². The molecule has 5 nitrogen and oxygen atoms in total. The fraction of sp³-hybridized carbons (Fsp3) is 0.154. The molecule has 0 aliphatic carbocycles. The molecule has 0 bridgehead atoms. The zero-order valence-electron chi connectivity index (χ0n) is 9.58. The number of carboxylic acids is 1. The van der Waals surface area contributed by atoms with Gasteiger partial charge in [0.1, 0.15) is 5.82 Å². The van der Waals surface area contributed by atoms with Crippen LogP contribution in [-0.4, -0.2) is 21.0 Å². The van der Waals surface area contributed by atoms with Crippen molar-refractivity contribution in [3.05, 3.63) is 53.5 Å². The minimum absolute atomic E-state index is 0.328. The third-order valence-electron chi connectivity index (χ3n) is 3.05. The average Bonchev–Trinajstić information content (AvgIpc) is 2.82. The molecule has 18 heavy (non-hydrogen) atoms. The van der Waals surface area contributed by atoms with Crippen molar-refractivity contribution in [3.8, 4) is 0 Å². The Morgan fingerprint density at radius 3 is 2.78 bits per heavy atom. The van der Waals surface area contributed by atoms with E-state index in [1.54, 1.807) is 30.7 Å². The van der Waals surface area contributed by atoms with Crippen molar-refractivity contribution in [1.29, 1.82) is 0 Å². The van der Waals surface area contributed by atoms with Gasteiger partial charge in [0, 0.05) is 25.5 Å². The van der Waals surface area contributed by atoms with Crippen molar-refractivity contribution in [2.75, 3.05) is 4.90 Å². The Bertz CT molecular complexity index is 598. The molecule has 2 aromatic rings. The number of rotatable bonds is 2. The van der Waals surface area contributed by atoms with E-state index in [2.05, 4.69) is 14.9 Å². The van der Waals surface area contributed by atoms with Gasteiger partial charge in [-0.25, -0.2) is 9.78 Å². The lowest BCUT2D eigenvalue weighted by Crippen LogP contribution is -2.15. The number of anilines is 1. The summed E-state index contributed by atoms with van der Waals surface area (Å²) in [5, 5.41) is 8.96. The van der Waals surface area contributed by atoms with E-state index in [1.807, 2.05) is 6.07 Å². The van der Waals surface area contributed by atoms with Gasteiger partial charge < -0.3 is 10.0 Å². The molecule has 1 aliphatic rings. The maximum absolute atomic E-state index is 10.9. The summed E-state index contributed by atoms with van der Waals surface area (Å²) in [6.45, 7) is 1.42. The molecule has 1 N–H and O–H groups in total. The Morgan fingerprint density at radius 1 is 1.22 bits per heavy atom. The highest BCUT2D eigenvalue weighted by Crippen LogP contribution is 2.27. The fourth-order valence-corrected chi connectivity index (χ4v) is 2.14. The fourth-order valence-electron chi connectivity index (χ4n) is 2.14. The molecule has 1 aliphatic heterocycles. The summed E-state index contributed by atoms with van der Waals surface area (Å²) in [5.41, 5.74) is 2.51. The highest BCUT2D eigenvalue weighted by Gasteiger charge is 2.21. The summed E-state index contributed by atoms with van der Waals surface area (Å²) in [6.07, 6.45) is 5.00. The molecule has 2 heterocycles. The van der Waals surface area contributed by atoms with Gasteiger partial charge in [-0.2, -0.15) is 0 Å². The predicted octanol–water partition coefficient (Wildman–Crippen LogP) is 1.70. The Kier molecular flexibility index (Phi) is 2.44. The maximum atomic E-state index is 10.9. The van der Waals surface area contributed by atoms with Crippen LogP contribution in [0.5, 0.6) is 0 Å². The molecule has 0 saturated carbocycles. The molecule has 0 unspecified atom stereocenters. The number of hydrogen-bond acceptors (Lipinski definition) is 4. The topological polar surface area (TPSA) is 66.3 Å². The number of aromatic nitrogens is 2. The molecule has 1 aromatic heterocycles. The van der Waals surface area contributed by atoms with E-state index in [1.165, 1.54) is 0 Å². The van der Waals surface area contributed by atoms with Gasteiger partial charge in [0.2, 0.25) is 0 Å². The molecular weight excluding hydrogens is 230 g/mol. The van der Waals surface area contributed by atoms with E-state index >= 15 is 0 Å². The summed E-state index contributed by atoms with van der Waals surface area (Å²) in [4.78, 5) is 21.3. The van der Waals surface area contributed by atoms with Gasteiger partial charge in [0.25, 0.3) is 0 Å². The van der Waals surface area contributed by atoms with E-state index in [-0.39, 0.29) is 0 Å². The molecule has 0 fully saturated rings. The van der Waals surface area contributed by atoms with E-state index in [0.29, 0.717) is 12.1 Å². The highest BCUT2D eigenvalue weighted by atomic mass is 16.4. The van der Waals surface area contributed by atoms with Crippen LogP contribution in [0.25, 0.3) is 0 Å². The lowest BCUT2D eigenvalue weighted by atomic mass is 10.1. The van der Waals surface area contributed by atoms with E-state index < -0.39 is 5.97 Å². The van der Waals surface area contributed by atoms with Gasteiger partial charge in [0.05, 0.1) is 11.8 Å². The maximum Gasteiger partial charge on any atom is 0.335 e. The average molecular weight is 241 g/mol. The minimum atomic E-state index is -0.893. The summed E-state index contributed by atoms with van der Waals surface area (Å²) < 4.78 is 0. The molecule has 0 spiro atoms. The standard InChI is InChI=1S/C13H11N3O2/c17-13(18)9-1-2-10-7-16(8-11(10)5-9)12-6-14-3-4-15-12/h1-6H,7-8H2,(H,17,18). The summed E-state index contributed by atoms with van der Waals surface area (Å²) in [7, 11) is 0. The number of nitrogens with zero attached hydrogens (tertiary/aromatic N) is 3. The number of benzene rings is 1. The Balaban J connectivity index is 1.90. The van der Waals surface area contributed by atoms with Crippen molar-refractivity contribution < 1.29 is 9.90 Å². The summed E-state index contributed by atoms with van der Waals surface area (Å²) in [6, 6.07) is 5.24. The summed E-state index contributed by atoms with van der Waals surface area (Å²) >= 11 is 0. The van der Waals surface area contributed by atoms with Gasteiger partial charge >= 0.3 is 5.97 Å². The second-order valence-corrected chi connectivity index (χ2v) is 4.21. The number of fused-ring (bicyclic) bond motifs is 1. The van der Waals surface area contributed by atoms with Crippen molar-refractivity contribution in [2.24, 2.45) is 0 Å². The zero-order chi connectivity index (χ0) is 12.5. The molecule has 0 saturated heterocycles. The zero-order valence-corrected chi connectivity index (χ0v) is 9.58. The van der Waals surface area contributed by atoms with Crippen molar-refractivity contribution in [3.63, 3.8) is 0 Å². The first kappa shape index (κ1) is 10.7. The van der Waals surface area contributed by atoms with Crippen molar-refractivity contribution in [1.82, 2.24) is 9.97 Å². The minimum Gasteiger partial charge on any atom is -0.478 e. The SMILES string of the molecule is O=C(O)c1ccc2c(c1)CN(c1cnccn1)C2. The van der Waals surface area contributed by atoms with Crippen LogP contribution in [0.1, 0.15) is 21.5 Å². The summed E-state index contributed by atoms with van der Waals surface area (Å²) in [5.74, 6) is -0.0821. The molecule has 0 amide bonds. The van der Waals surface area contributed by atoms with E-state index in [9.17, 15) is 4.79 Å². The molecule has 0 radical (unpaired) electrons. The van der Waals surface area contributed by atoms with E-state index in [4.69, 9.17) is 5.11 Å². The van der Waals surface area contributed by atoms with Crippen molar-refractivity contribution in [2.45, 2.75) is 13.1 Å². The lowest BCUT2D eigenvalue weighted by Gasteiger charge is -2.14. The van der Waals surface area contributed by atoms with Gasteiger partial charge in [0.15, 0.2) is 0 Å². The first-order valence-electron chi connectivity index (χ1n) is 5.60. The Labute approximate surface area is 104 Å². The van der Waals surface area contributed by atoms with Gasteiger partial charge in [-0.3, -0.25) is 4.98 Å². The third kappa shape index (κ3) is 1.79. The second-order valence-electron chi connectivity index (χ2n) is 4.21. The molecule has 90 valence electrons.